The molecule has 1 aromatic heterocycles. The van der Waals surface area contributed by atoms with Crippen LogP contribution in [0.15, 0.2) is 10.5 Å². The molecule has 0 atom stereocenters. The van der Waals surface area contributed by atoms with Gasteiger partial charge in [0, 0.05) is 13.1 Å². The van der Waals surface area contributed by atoms with Crippen LogP contribution in [0.3, 0.4) is 0 Å². The number of nitrogen functional groups attached to an aromatic ring is 1. The molecule has 0 saturated carbocycles. The Bertz CT molecular complexity index is 428. The van der Waals surface area contributed by atoms with Crippen molar-refractivity contribution >= 4 is 5.91 Å². The summed E-state index contributed by atoms with van der Waals surface area (Å²) in [4.78, 5) is 13.9. The smallest absolute Gasteiger partial charge is 0.268 e. The lowest BCUT2D eigenvalue weighted by Crippen LogP contribution is -2.31. The number of carbonyl (C=O) groups is 1. The molecule has 0 radical (unpaired) electrons. The van der Waals surface area contributed by atoms with Gasteiger partial charge in [-0.25, -0.2) is 5.84 Å². The molecule has 1 amide bonds. The molecule has 0 unspecified atom stereocenters. The molecule has 0 spiro atoms. The average Bonchev–Trinajstić information content (AvgIpc) is 2.67. The number of hydrogen-bond donors (Lipinski definition) is 2. The van der Waals surface area contributed by atoms with E-state index in [1.165, 1.54) is 0 Å². The number of hydrogen-bond acceptors (Lipinski definition) is 4. The average molecular weight is 281 g/mol. The predicted molar refractivity (Wildman–Crippen MR) is 80.1 cm³/mol. The van der Waals surface area contributed by atoms with Crippen LogP contribution in [0.2, 0.25) is 0 Å². The van der Waals surface area contributed by atoms with Gasteiger partial charge in [0.1, 0.15) is 11.5 Å². The maximum Gasteiger partial charge on any atom is 0.268 e. The van der Waals surface area contributed by atoms with Gasteiger partial charge in [0.25, 0.3) is 5.91 Å². The third-order valence-electron chi connectivity index (χ3n) is 2.97. The summed E-state index contributed by atoms with van der Waals surface area (Å²) >= 11 is 0. The molecule has 0 aliphatic heterocycles. The molecule has 0 aliphatic rings. The van der Waals surface area contributed by atoms with Crippen molar-refractivity contribution in [2.24, 2.45) is 17.7 Å². The zero-order valence-electron chi connectivity index (χ0n) is 13.2. The highest BCUT2D eigenvalue weighted by molar-refractivity contribution is 5.94. The normalized spacial score (nSPS) is 11.7. The summed E-state index contributed by atoms with van der Waals surface area (Å²) < 4.78 is 5.67. The highest BCUT2D eigenvalue weighted by Gasteiger charge is 2.17. The first-order valence-electron chi connectivity index (χ1n) is 7.16. The molecule has 0 aromatic carbocycles. The van der Waals surface area contributed by atoms with Crippen molar-refractivity contribution in [1.29, 1.82) is 0 Å². The summed E-state index contributed by atoms with van der Waals surface area (Å²) in [7, 11) is 0. The van der Waals surface area contributed by atoms with Gasteiger partial charge in [0.15, 0.2) is 0 Å². The summed E-state index contributed by atoms with van der Waals surface area (Å²) in [5.74, 6) is 7.46. The minimum absolute atomic E-state index is 0.309. The number of rotatable bonds is 7. The van der Waals surface area contributed by atoms with E-state index in [0.717, 1.165) is 25.4 Å². The third-order valence-corrected chi connectivity index (χ3v) is 2.97. The fourth-order valence-electron chi connectivity index (χ4n) is 2.38. The van der Waals surface area contributed by atoms with Gasteiger partial charge in [0.2, 0.25) is 0 Å². The lowest BCUT2D eigenvalue weighted by atomic mass is 10.1. The van der Waals surface area contributed by atoms with E-state index < -0.39 is 0 Å². The van der Waals surface area contributed by atoms with Crippen LogP contribution in [0.25, 0.3) is 0 Å². The largest absolute Gasteiger partial charge is 0.464 e. The Kier molecular flexibility index (Phi) is 6.23. The second-order valence-electron chi connectivity index (χ2n) is 6.14. The van der Waals surface area contributed by atoms with Gasteiger partial charge in [-0.2, -0.15) is 0 Å². The molecular weight excluding hydrogens is 254 g/mol. The molecule has 20 heavy (non-hydrogen) atoms. The van der Waals surface area contributed by atoms with Crippen LogP contribution >= 0.6 is 0 Å². The van der Waals surface area contributed by atoms with Gasteiger partial charge in [0.05, 0.1) is 12.1 Å². The zero-order chi connectivity index (χ0) is 15.3. The van der Waals surface area contributed by atoms with Gasteiger partial charge in [-0.1, -0.05) is 27.7 Å². The molecule has 3 N–H and O–H groups in total. The predicted octanol–water partition coefficient (Wildman–Crippen LogP) is 2.31. The molecule has 0 saturated heterocycles. The molecule has 0 fully saturated rings. The first-order chi connectivity index (χ1) is 9.33. The van der Waals surface area contributed by atoms with Gasteiger partial charge in [-0.15, -0.1) is 0 Å². The molecule has 1 heterocycles. The standard InChI is InChI=1S/C15H27N3O2/c1-10(2)7-18(8-11(3)4)9-13-6-14(12(5)20-13)15(19)17-16/h6,10-11H,7-9,16H2,1-5H3,(H,17,19). The Morgan fingerprint density at radius 3 is 2.30 bits per heavy atom. The highest BCUT2D eigenvalue weighted by Crippen LogP contribution is 2.17. The number of nitrogens with one attached hydrogen (secondary N) is 1. The van der Waals surface area contributed by atoms with Crippen LogP contribution in [-0.4, -0.2) is 23.9 Å². The maximum absolute atomic E-state index is 11.6. The van der Waals surface area contributed by atoms with E-state index in [4.69, 9.17) is 10.3 Å². The summed E-state index contributed by atoms with van der Waals surface area (Å²) in [5.41, 5.74) is 2.65. The van der Waals surface area contributed by atoms with Crippen LogP contribution in [0.1, 0.15) is 49.6 Å². The number of furan rings is 1. The molecule has 5 nitrogen and oxygen atoms in total. The Hall–Kier alpha value is -1.33. The Morgan fingerprint density at radius 2 is 1.85 bits per heavy atom. The topological polar surface area (TPSA) is 71.5 Å². The van der Waals surface area contributed by atoms with Gasteiger partial charge < -0.3 is 4.42 Å². The molecule has 1 aromatic rings. The van der Waals surface area contributed by atoms with Crippen molar-refractivity contribution in [3.63, 3.8) is 0 Å². The molecule has 0 bridgehead atoms. The lowest BCUT2D eigenvalue weighted by Gasteiger charge is -2.25. The molecule has 5 heteroatoms. The van der Waals surface area contributed by atoms with Gasteiger partial charge >= 0.3 is 0 Å². The van der Waals surface area contributed by atoms with Crippen molar-refractivity contribution in [1.82, 2.24) is 10.3 Å². The van der Waals surface area contributed by atoms with Crippen LogP contribution in [0.4, 0.5) is 0 Å². The van der Waals surface area contributed by atoms with Crippen LogP contribution < -0.4 is 11.3 Å². The second-order valence-corrected chi connectivity index (χ2v) is 6.14. The first kappa shape index (κ1) is 16.7. The Morgan fingerprint density at radius 1 is 1.30 bits per heavy atom. The molecule has 0 aliphatic carbocycles. The van der Waals surface area contributed by atoms with Crippen molar-refractivity contribution in [2.45, 2.75) is 41.2 Å². The van der Waals surface area contributed by atoms with E-state index in [2.05, 4.69) is 38.0 Å². The number of amides is 1. The summed E-state index contributed by atoms with van der Waals surface area (Å²) in [6.45, 7) is 13.3. The van der Waals surface area contributed by atoms with Crippen molar-refractivity contribution in [3.05, 3.63) is 23.2 Å². The Labute approximate surface area is 121 Å². The first-order valence-corrected chi connectivity index (χ1v) is 7.16. The SMILES string of the molecule is Cc1oc(CN(CC(C)C)CC(C)C)cc1C(=O)NN. The van der Waals surface area contributed by atoms with Crippen molar-refractivity contribution in [3.8, 4) is 0 Å². The van der Waals surface area contributed by atoms with E-state index in [1.54, 1.807) is 13.0 Å². The fourth-order valence-corrected chi connectivity index (χ4v) is 2.38. The van der Waals surface area contributed by atoms with E-state index in [-0.39, 0.29) is 5.91 Å². The minimum Gasteiger partial charge on any atom is -0.464 e. The minimum atomic E-state index is -0.309. The molecule has 1 rings (SSSR count). The van der Waals surface area contributed by atoms with E-state index in [1.807, 2.05) is 0 Å². The van der Waals surface area contributed by atoms with Crippen molar-refractivity contribution < 1.29 is 9.21 Å². The fraction of sp³-hybridized carbons (Fsp3) is 0.667. The molecule has 114 valence electrons. The van der Waals surface area contributed by atoms with E-state index in [0.29, 0.717) is 23.2 Å². The maximum atomic E-state index is 11.6. The highest BCUT2D eigenvalue weighted by atomic mass is 16.3. The van der Waals surface area contributed by atoms with E-state index >= 15 is 0 Å². The monoisotopic (exact) mass is 281 g/mol. The number of nitrogens with two attached hydrogens (primary N) is 1. The van der Waals surface area contributed by atoms with Crippen LogP contribution in [-0.2, 0) is 6.54 Å². The van der Waals surface area contributed by atoms with Gasteiger partial charge in [-0.3, -0.25) is 15.1 Å². The Balaban J connectivity index is 2.80. The van der Waals surface area contributed by atoms with E-state index in [9.17, 15) is 4.79 Å². The van der Waals surface area contributed by atoms with Crippen molar-refractivity contribution in [2.75, 3.05) is 13.1 Å². The van der Waals surface area contributed by atoms with Gasteiger partial charge in [-0.05, 0) is 24.8 Å². The second kappa shape index (κ2) is 7.45. The quantitative estimate of drug-likeness (QED) is 0.457. The number of hydrazine groups is 1. The zero-order valence-corrected chi connectivity index (χ0v) is 13.2. The number of aryl methyl sites for hydroxylation is 1. The number of carbonyl (C=O) groups excluding carboxylic acids is 1. The lowest BCUT2D eigenvalue weighted by molar-refractivity contribution is 0.0952. The summed E-state index contributed by atoms with van der Waals surface area (Å²) in [6, 6.07) is 1.78. The number of nitrogens with zero attached hydrogens (tertiary/aromatic N) is 1. The third kappa shape index (κ3) is 4.98. The summed E-state index contributed by atoms with van der Waals surface area (Å²) in [6.07, 6.45) is 0. The molecular formula is C15H27N3O2. The summed E-state index contributed by atoms with van der Waals surface area (Å²) in [5, 5.41) is 0. The van der Waals surface area contributed by atoms with Crippen LogP contribution in [0.5, 0.6) is 0 Å². The van der Waals surface area contributed by atoms with Crippen LogP contribution in [0, 0.1) is 18.8 Å².